The highest BCUT2D eigenvalue weighted by Gasteiger charge is 2.23. The molecular formula is C27H35NO2. The van der Waals surface area contributed by atoms with E-state index in [2.05, 4.69) is 77.0 Å². The SMILES string of the molecule is CC(C)(C)c1ccc2c(c1)CCC2=O.CON=C1CCc2cc(C(C)(C)C)ccc21. The summed E-state index contributed by atoms with van der Waals surface area (Å²) in [5.74, 6) is 0.306. The average Bonchev–Trinajstić information content (AvgIpc) is 3.24. The fraction of sp³-hybridized carbons (Fsp3) is 0.481. The van der Waals surface area contributed by atoms with Gasteiger partial charge in [-0.3, -0.25) is 4.79 Å². The summed E-state index contributed by atoms with van der Waals surface area (Å²) < 4.78 is 0. The van der Waals surface area contributed by atoms with Crippen LogP contribution in [0.4, 0.5) is 0 Å². The van der Waals surface area contributed by atoms with Gasteiger partial charge in [-0.05, 0) is 52.3 Å². The maximum Gasteiger partial charge on any atom is 0.163 e. The van der Waals surface area contributed by atoms with Crippen LogP contribution in [0.2, 0.25) is 0 Å². The first kappa shape index (κ1) is 22.3. The summed E-state index contributed by atoms with van der Waals surface area (Å²) in [6.07, 6.45) is 3.71. The molecule has 2 aliphatic rings. The van der Waals surface area contributed by atoms with E-state index in [0.29, 0.717) is 12.2 Å². The van der Waals surface area contributed by atoms with Gasteiger partial charge in [0.05, 0.1) is 5.71 Å². The molecule has 0 N–H and O–H groups in total. The molecule has 4 rings (SSSR count). The number of benzene rings is 2. The van der Waals surface area contributed by atoms with Crippen molar-refractivity contribution >= 4 is 11.5 Å². The number of hydrogen-bond donors (Lipinski definition) is 0. The molecule has 0 aromatic heterocycles. The van der Waals surface area contributed by atoms with Crippen molar-refractivity contribution in [3.05, 3.63) is 69.8 Å². The molecule has 2 aliphatic carbocycles. The molecule has 2 aromatic carbocycles. The van der Waals surface area contributed by atoms with Crippen molar-refractivity contribution in [3.63, 3.8) is 0 Å². The molecular weight excluding hydrogens is 370 g/mol. The van der Waals surface area contributed by atoms with Crippen LogP contribution in [0.3, 0.4) is 0 Å². The second-order valence-electron chi connectivity index (χ2n) is 10.4. The Kier molecular flexibility index (Phi) is 6.21. The van der Waals surface area contributed by atoms with Crippen LogP contribution in [0, 0.1) is 0 Å². The third kappa shape index (κ3) is 4.83. The van der Waals surface area contributed by atoms with Crippen molar-refractivity contribution in [2.45, 2.75) is 78.1 Å². The van der Waals surface area contributed by atoms with Gasteiger partial charge < -0.3 is 4.84 Å². The van der Waals surface area contributed by atoms with Crippen LogP contribution in [-0.4, -0.2) is 18.6 Å². The van der Waals surface area contributed by atoms with Crippen molar-refractivity contribution in [2.75, 3.05) is 7.11 Å². The lowest BCUT2D eigenvalue weighted by molar-refractivity contribution is 0.0994. The lowest BCUT2D eigenvalue weighted by atomic mass is 9.85. The topological polar surface area (TPSA) is 38.7 Å². The van der Waals surface area contributed by atoms with Crippen molar-refractivity contribution in [2.24, 2.45) is 5.16 Å². The number of aryl methyl sites for hydroxylation is 2. The highest BCUT2D eigenvalue weighted by Crippen LogP contribution is 2.30. The summed E-state index contributed by atoms with van der Waals surface area (Å²) in [5.41, 5.74) is 9.05. The summed E-state index contributed by atoms with van der Waals surface area (Å²) in [6, 6.07) is 13.0. The van der Waals surface area contributed by atoms with E-state index in [9.17, 15) is 4.79 Å². The second-order valence-corrected chi connectivity index (χ2v) is 10.4. The minimum atomic E-state index is 0.181. The standard InChI is InChI=1S/C14H19NO.C13H16O/c1-14(2,3)11-6-7-12-10(9-11)5-8-13(12)15-16-4;1-13(2,3)10-5-6-11-9(8-10)4-7-12(11)14/h6-7,9H,5,8H2,1-4H3;5-6,8H,4,7H2,1-3H3. The van der Waals surface area contributed by atoms with Gasteiger partial charge in [-0.25, -0.2) is 0 Å². The molecule has 0 saturated carbocycles. The van der Waals surface area contributed by atoms with E-state index < -0.39 is 0 Å². The van der Waals surface area contributed by atoms with Gasteiger partial charge in [0.2, 0.25) is 0 Å². The molecule has 160 valence electrons. The van der Waals surface area contributed by atoms with Crippen LogP contribution >= 0.6 is 0 Å². The van der Waals surface area contributed by atoms with Gasteiger partial charge in [0.25, 0.3) is 0 Å². The summed E-state index contributed by atoms with van der Waals surface area (Å²) in [6.45, 7) is 13.3. The molecule has 3 heteroatoms. The second kappa shape index (κ2) is 8.37. The van der Waals surface area contributed by atoms with E-state index >= 15 is 0 Å². The van der Waals surface area contributed by atoms with E-state index in [1.54, 1.807) is 7.11 Å². The Morgan fingerprint density at radius 1 is 0.733 bits per heavy atom. The molecule has 0 unspecified atom stereocenters. The molecule has 0 atom stereocenters. The van der Waals surface area contributed by atoms with Crippen molar-refractivity contribution in [1.82, 2.24) is 0 Å². The smallest absolute Gasteiger partial charge is 0.163 e. The van der Waals surface area contributed by atoms with E-state index in [1.807, 2.05) is 6.07 Å². The highest BCUT2D eigenvalue weighted by atomic mass is 16.6. The molecule has 0 saturated heterocycles. The van der Waals surface area contributed by atoms with Crippen LogP contribution in [0.25, 0.3) is 0 Å². The van der Waals surface area contributed by atoms with Gasteiger partial charge in [-0.2, -0.15) is 0 Å². The number of carbonyl (C=O) groups is 1. The highest BCUT2D eigenvalue weighted by molar-refractivity contribution is 6.04. The first-order chi connectivity index (χ1) is 14.0. The van der Waals surface area contributed by atoms with Crippen LogP contribution in [0.15, 0.2) is 41.6 Å². The van der Waals surface area contributed by atoms with Crippen molar-refractivity contribution < 1.29 is 9.63 Å². The molecule has 3 nitrogen and oxygen atoms in total. The summed E-state index contributed by atoms with van der Waals surface area (Å²) in [7, 11) is 1.61. The molecule has 2 aromatic rings. The molecule has 30 heavy (non-hydrogen) atoms. The Hall–Kier alpha value is -2.42. The molecule has 0 amide bonds. The Labute approximate surface area is 181 Å². The largest absolute Gasteiger partial charge is 0.399 e. The monoisotopic (exact) mass is 405 g/mol. The number of Topliss-reactive ketones (excluding diaryl/α,β-unsaturated/α-hetero) is 1. The van der Waals surface area contributed by atoms with Gasteiger partial charge in [-0.15, -0.1) is 0 Å². The first-order valence-electron chi connectivity index (χ1n) is 10.9. The van der Waals surface area contributed by atoms with Crippen LogP contribution < -0.4 is 0 Å². The Morgan fingerprint density at radius 3 is 1.77 bits per heavy atom. The lowest BCUT2D eigenvalue weighted by Gasteiger charge is -2.19. The lowest BCUT2D eigenvalue weighted by Crippen LogP contribution is -2.11. The Bertz CT molecular complexity index is 971. The zero-order valence-corrected chi connectivity index (χ0v) is 19.6. The van der Waals surface area contributed by atoms with Crippen LogP contribution in [0.5, 0.6) is 0 Å². The van der Waals surface area contributed by atoms with E-state index in [1.165, 1.54) is 27.8 Å². The number of rotatable bonds is 1. The molecule has 0 heterocycles. The average molecular weight is 406 g/mol. The Morgan fingerprint density at radius 2 is 1.23 bits per heavy atom. The summed E-state index contributed by atoms with van der Waals surface area (Å²) in [4.78, 5) is 16.3. The zero-order valence-electron chi connectivity index (χ0n) is 19.6. The van der Waals surface area contributed by atoms with E-state index in [4.69, 9.17) is 4.84 Å². The quantitative estimate of drug-likeness (QED) is 0.515. The third-order valence-corrected chi connectivity index (χ3v) is 6.01. The fourth-order valence-electron chi connectivity index (χ4n) is 4.06. The minimum absolute atomic E-state index is 0.181. The van der Waals surface area contributed by atoms with Crippen LogP contribution in [-0.2, 0) is 28.5 Å². The summed E-state index contributed by atoms with van der Waals surface area (Å²) >= 11 is 0. The van der Waals surface area contributed by atoms with E-state index in [-0.39, 0.29) is 10.8 Å². The number of oxime groups is 1. The summed E-state index contributed by atoms with van der Waals surface area (Å²) in [5, 5.41) is 4.07. The molecule has 0 fully saturated rings. The zero-order chi connectivity index (χ0) is 22.1. The van der Waals surface area contributed by atoms with E-state index in [0.717, 1.165) is 30.5 Å². The molecule has 0 bridgehead atoms. The minimum Gasteiger partial charge on any atom is -0.399 e. The maximum absolute atomic E-state index is 11.4. The van der Waals surface area contributed by atoms with Crippen molar-refractivity contribution in [1.29, 1.82) is 0 Å². The molecule has 0 radical (unpaired) electrons. The number of ketones is 1. The maximum atomic E-state index is 11.4. The van der Waals surface area contributed by atoms with Gasteiger partial charge in [0.15, 0.2) is 5.78 Å². The predicted molar refractivity (Wildman–Crippen MR) is 125 cm³/mol. The number of hydrogen-bond acceptors (Lipinski definition) is 3. The number of carbonyl (C=O) groups excluding carboxylic acids is 1. The van der Waals surface area contributed by atoms with Gasteiger partial charge in [-0.1, -0.05) is 83.1 Å². The fourth-order valence-corrected chi connectivity index (χ4v) is 4.06. The normalized spacial score (nSPS) is 16.8. The number of nitrogens with zero attached hydrogens (tertiary/aromatic N) is 1. The van der Waals surface area contributed by atoms with Gasteiger partial charge in [0.1, 0.15) is 7.11 Å². The number of fused-ring (bicyclic) bond motifs is 2. The third-order valence-electron chi connectivity index (χ3n) is 6.01. The van der Waals surface area contributed by atoms with Crippen LogP contribution in [0.1, 0.15) is 92.6 Å². The first-order valence-corrected chi connectivity index (χ1v) is 10.9. The molecule has 0 aliphatic heterocycles. The van der Waals surface area contributed by atoms with Gasteiger partial charge >= 0.3 is 0 Å². The van der Waals surface area contributed by atoms with Gasteiger partial charge in [0, 0.05) is 17.5 Å². The van der Waals surface area contributed by atoms with Crippen molar-refractivity contribution in [3.8, 4) is 0 Å². The predicted octanol–water partition coefficient (Wildman–Crippen LogP) is 6.39. The Balaban J connectivity index is 0.000000172. The molecule has 0 spiro atoms.